The van der Waals surface area contributed by atoms with E-state index in [2.05, 4.69) is 5.32 Å². The fourth-order valence-corrected chi connectivity index (χ4v) is 1.03. The summed E-state index contributed by atoms with van der Waals surface area (Å²) >= 11 is 0. The summed E-state index contributed by atoms with van der Waals surface area (Å²) in [5.74, 6) is 0.855. The average molecular weight is 191 g/mol. The largest absolute Gasteiger partial charge is 0.494 e. The quantitative estimate of drug-likeness (QED) is 0.721. The molecule has 0 aliphatic rings. The van der Waals surface area contributed by atoms with Crippen molar-refractivity contribution >= 4 is 12.5 Å². The third-order valence-electron chi connectivity index (χ3n) is 1.63. The fourth-order valence-electron chi connectivity index (χ4n) is 1.03. The second-order valence-corrected chi connectivity index (χ2v) is 2.62. The maximum atomic E-state index is 9.95. The lowest BCUT2D eigenvalue weighted by molar-refractivity contribution is -0.108. The minimum atomic E-state index is 0.630. The molecule has 0 radical (unpaired) electrons. The van der Waals surface area contributed by atoms with Crippen molar-refractivity contribution in [3.63, 3.8) is 0 Å². The van der Waals surface area contributed by atoms with Gasteiger partial charge in [0.15, 0.2) is 0 Å². The monoisotopic (exact) mass is 191 g/mol. The van der Waals surface area contributed by atoms with Gasteiger partial charge in [-0.25, -0.2) is 0 Å². The van der Waals surface area contributed by atoms with Crippen LogP contribution >= 0.6 is 0 Å². The predicted molar refractivity (Wildman–Crippen MR) is 55.8 cm³/mol. The topological polar surface area (TPSA) is 38.3 Å². The highest BCUT2D eigenvalue weighted by Gasteiger charge is 1.90. The summed E-state index contributed by atoms with van der Waals surface area (Å²) in [7, 11) is 0. The molecular formula is C11H13NO2. The van der Waals surface area contributed by atoms with Gasteiger partial charge in [-0.1, -0.05) is 12.1 Å². The molecule has 1 N–H and O–H groups in total. The molecule has 0 unspecified atom stereocenters. The normalized spacial score (nSPS) is 10.1. The molecule has 0 heterocycles. The van der Waals surface area contributed by atoms with Gasteiger partial charge in [0.25, 0.3) is 0 Å². The van der Waals surface area contributed by atoms with Crippen LogP contribution in [0.5, 0.6) is 5.75 Å². The number of rotatable bonds is 5. The Morgan fingerprint density at radius 2 is 2.07 bits per heavy atom. The molecule has 0 bridgehead atoms. The first-order chi connectivity index (χ1) is 6.86. The first-order valence-electron chi connectivity index (χ1n) is 4.46. The molecular weight excluding hydrogens is 178 g/mol. The summed E-state index contributed by atoms with van der Waals surface area (Å²) in [6.07, 6.45) is 4.03. The first-order valence-corrected chi connectivity index (χ1v) is 4.46. The Kier molecular flexibility index (Phi) is 4.27. The lowest BCUT2D eigenvalue weighted by atomic mass is 10.2. The fraction of sp³-hybridized carbons (Fsp3) is 0.182. The zero-order valence-electron chi connectivity index (χ0n) is 8.07. The van der Waals surface area contributed by atoms with Crippen molar-refractivity contribution in [1.29, 1.82) is 0 Å². The summed E-state index contributed by atoms with van der Waals surface area (Å²) in [4.78, 5) is 9.95. The van der Waals surface area contributed by atoms with Gasteiger partial charge in [0, 0.05) is 6.20 Å². The molecule has 1 aromatic rings. The predicted octanol–water partition coefficient (Wildman–Crippen LogP) is 1.80. The maximum absolute atomic E-state index is 9.95. The SMILES string of the molecule is CCOc1ccc(C=CNC=O)cc1. The number of benzene rings is 1. The van der Waals surface area contributed by atoms with Crippen LogP contribution in [0, 0.1) is 0 Å². The molecule has 0 aromatic heterocycles. The lowest BCUT2D eigenvalue weighted by Gasteiger charge is -2.01. The molecule has 0 saturated carbocycles. The van der Waals surface area contributed by atoms with Gasteiger partial charge in [-0.05, 0) is 30.7 Å². The third-order valence-corrected chi connectivity index (χ3v) is 1.63. The zero-order chi connectivity index (χ0) is 10.2. The van der Waals surface area contributed by atoms with E-state index in [1.807, 2.05) is 37.3 Å². The van der Waals surface area contributed by atoms with E-state index in [1.165, 1.54) is 0 Å². The number of carbonyl (C=O) groups is 1. The molecule has 3 nitrogen and oxygen atoms in total. The standard InChI is InChI=1S/C11H13NO2/c1-2-14-11-5-3-10(4-6-11)7-8-12-9-13/h3-9H,2H2,1H3,(H,12,13). The van der Waals surface area contributed by atoms with Crippen molar-refractivity contribution in [3.8, 4) is 5.75 Å². The highest BCUT2D eigenvalue weighted by molar-refractivity contribution is 5.55. The average Bonchev–Trinajstić information content (AvgIpc) is 2.21. The van der Waals surface area contributed by atoms with Gasteiger partial charge >= 0.3 is 0 Å². The summed E-state index contributed by atoms with van der Waals surface area (Å²) in [6, 6.07) is 7.64. The highest BCUT2D eigenvalue weighted by atomic mass is 16.5. The van der Waals surface area contributed by atoms with Crippen molar-refractivity contribution in [2.75, 3.05) is 6.61 Å². The van der Waals surface area contributed by atoms with Crippen LogP contribution in [0.4, 0.5) is 0 Å². The van der Waals surface area contributed by atoms with Crippen LogP contribution in [-0.4, -0.2) is 13.0 Å². The van der Waals surface area contributed by atoms with E-state index >= 15 is 0 Å². The molecule has 1 aromatic carbocycles. The second kappa shape index (κ2) is 5.80. The molecule has 1 rings (SSSR count). The molecule has 0 aliphatic carbocycles. The minimum absolute atomic E-state index is 0.630. The smallest absolute Gasteiger partial charge is 0.211 e. The molecule has 0 saturated heterocycles. The first kappa shape index (κ1) is 10.3. The molecule has 74 valence electrons. The van der Waals surface area contributed by atoms with E-state index in [1.54, 1.807) is 6.20 Å². The van der Waals surface area contributed by atoms with Gasteiger partial charge in [0.2, 0.25) is 6.41 Å². The van der Waals surface area contributed by atoms with Gasteiger partial charge in [-0.2, -0.15) is 0 Å². The van der Waals surface area contributed by atoms with E-state index in [-0.39, 0.29) is 0 Å². The van der Waals surface area contributed by atoms with Crippen LogP contribution in [0.15, 0.2) is 30.5 Å². The molecule has 0 fully saturated rings. The number of hydrogen-bond acceptors (Lipinski definition) is 2. The molecule has 0 aliphatic heterocycles. The lowest BCUT2D eigenvalue weighted by Crippen LogP contribution is -1.97. The van der Waals surface area contributed by atoms with E-state index in [4.69, 9.17) is 4.74 Å². The summed E-state index contributed by atoms with van der Waals surface area (Å²) in [6.45, 7) is 2.61. The van der Waals surface area contributed by atoms with E-state index in [0.717, 1.165) is 11.3 Å². The maximum Gasteiger partial charge on any atom is 0.211 e. The third kappa shape index (κ3) is 3.31. The number of ether oxygens (including phenoxy) is 1. The van der Waals surface area contributed by atoms with Crippen molar-refractivity contribution in [3.05, 3.63) is 36.0 Å². The van der Waals surface area contributed by atoms with Crippen LogP contribution in [0.3, 0.4) is 0 Å². The Labute approximate surface area is 83.4 Å². The van der Waals surface area contributed by atoms with Crippen LogP contribution in [-0.2, 0) is 4.79 Å². The summed E-state index contributed by atoms with van der Waals surface area (Å²) in [5, 5.41) is 2.44. The molecule has 0 spiro atoms. The van der Waals surface area contributed by atoms with E-state index in [9.17, 15) is 4.79 Å². The Morgan fingerprint density at radius 1 is 1.36 bits per heavy atom. The number of carbonyl (C=O) groups excluding carboxylic acids is 1. The number of amides is 1. The van der Waals surface area contributed by atoms with Crippen molar-refractivity contribution in [2.45, 2.75) is 6.92 Å². The highest BCUT2D eigenvalue weighted by Crippen LogP contribution is 2.12. The van der Waals surface area contributed by atoms with E-state index < -0.39 is 0 Å². The zero-order valence-corrected chi connectivity index (χ0v) is 8.07. The molecule has 3 heteroatoms. The molecule has 1 amide bonds. The van der Waals surface area contributed by atoms with Crippen molar-refractivity contribution < 1.29 is 9.53 Å². The Bertz CT molecular complexity index is 304. The minimum Gasteiger partial charge on any atom is -0.494 e. The van der Waals surface area contributed by atoms with Gasteiger partial charge in [-0.15, -0.1) is 0 Å². The summed E-state index contributed by atoms with van der Waals surface area (Å²) < 4.78 is 5.29. The van der Waals surface area contributed by atoms with Crippen LogP contribution < -0.4 is 10.1 Å². The van der Waals surface area contributed by atoms with Gasteiger partial charge < -0.3 is 10.1 Å². The Balaban J connectivity index is 2.58. The number of hydrogen-bond donors (Lipinski definition) is 1. The van der Waals surface area contributed by atoms with E-state index in [0.29, 0.717) is 13.0 Å². The van der Waals surface area contributed by atoms with Crippen LogP contribution in [0.2, 0.25) is 0 Å². The van der Waals surface area contributed by atoms with Crippen LogP contribution in [0.25, 0.3) is 6.08 Å². The molecule has 0 atom stereocenters. The van der Waals surface area contributed by atoms with Crippen molar-refractivity contribution in [1.82, 2.24) is 5.32 Å². The van der Waals surface area contributed by atoms with Gasteiger partial charge in [0.1, 0.15) is 5.75 Å². The Morgan fingerprint density at radius 3 is 2.64 bits per heavy atom. The van der Waals surface area contributed by atoms with Crippen molar-refractivity contribution in [2.24, 2.45) is 0 Å². The summed E-state index contributed by atoms with van der Waals surface area (Å²) in [5.41, 5.74) is 1.02. The molecule has 14 heavy (non-hydrogen) atoms. The van der Waals surface area contributed by atoms with Gasteiger partial charge in [0.05, 0.1) is 6.61 Å². The van der Waals surface area contributed by atoms with Crippen LogP contribution in [0.1, 0.15) is 12.5 Å². The second-order valence-electron chi connectivity index (χ2n) is 2.62. The number of nitrogens with one attached hydrogen (secondary N) is 1. The van der Waals surface area contributed by atoms with Gasteiger partial charge in [-0.3, -0.25) is 4.79 Å². The Hall–Kier alpha value is -1.77.